The van der Waals surface area contributed by atoms with Crippen LogP contribution >= 0.6 is 11.3 Å². The number of rotatable bonds is 5. The molecule has 1 aliphatic rings. The van der Waals surface area contributed by atoms with Crippen LogP contribution in [0.25, 0.3) is 0 Å². The second kappa shape index (κ2) is 7.57. The predicted octanol–water partition coefficient (Wildman–Crippen LogP) is 2.68. The van der Waals surface area contributed by atoms with E-state index in [-0.39, 0.29) is 6.09 Å². The lowest BCUT2D eigenvalue weighted by atomic mass is 9.97. The van der Waals surface area contributed by atoms with Crippen LogP contribution in [0.5, 0.6) is 0 Å². The second-order valence-electron chi connectivity index (χ2n) is 5.79. The molecule has 122 valence electrons. The van der Waals surface area contributed by atoms with Crippen molar-refractivity contribution in [2.45, 2.75) is 19.4 Å². The Morgan fingerprint density at radius 2 is 2.22 bits per heavy atom. The molecule has 3 rings (SSSR count). The van der Waals surface area contributed by atoms with Crippen molar-refractivity contribution < 1.29 is 9.53 Å². The average Bonchev–Trinajstić information content (AvgIpc) is 3.20. The summed E-state index contributed by atoms with van der Waals surface area (Å²) in [5.74, 6) is 0.716. The zero-order chi connectivity index (χ0) is 16.1. The Labute approximate surface area is 140 Å². The molecule has 2 aromatic rings. The number of nitrogens with one attached hydrogen (secondary N) is 2. The third-order valence-corrected chi connectivity index (χ3v) is 5.11. The van der Waals surface area contributed by atoms with Gasteiger partial charge >= 0.3 is 6.09 Å². The predicted molar refractivity (Wildman–Crippen MR) is 90.6 cm³/mol. The van der Waals surface area contributed by atoms with E-state index >= 15 is 0 Å². The van der Waals surface area contributed by atoms with Gasteiger partial charge in [-0.2, -0.15) is 0 Å². The third kappa shape index (κ3) is 4.30. The molecule has 1 aliphatic heterocycles. The van der Waals surface area contributed by atoms with Crippen LogP contribution in [0.3, 0.4) is 0 Å². The largest absolute Gasteiger partial charge is 0.445 e. The standard InChI is InChI=1S/C17H21N3O2S/c1-12-11-23-16(20-12)15-9-18-7-14(15)8-19-17(21)22-10-13-5-3-2-4-6-13/h2-6,11,14-15,18H,7-10H2,1H3,(H,19,21)/t14-,15-/m0/s1. The van der Waals surface area contributed by atoms with Gasteiger partial charge in [-0.15, -0.1) is 11.3 Å². The first-order valence-corrected chi connectivity index (χ1v) is 8.67. The highest BCUT2D eigenvalue weighted by Gasteiger charge is 2.30. The van der Waals surface area contributed by atoms with E-state index in [2.05, 4.69) is 21.0 Å². The van der Waals surface area contributed by atoms with Crippen LogP contribution in [-0.2, 0) is 11.3 Å². The number of carbonyl (C=O) groups excluding carboxylic acids is 1. The van der Waals surface area contributed by atoms with Gasteiger partial charge in [0, 0.05) is 36.6 Å². The van der Waals surface area contributed by atoms with E-state index in [0.29, 0.717) is 25.0 Å². The Morgan fingerprint density at radius 3 is 2.96 bits per heavy atom. The molecule has 1 fully saturated rings. The van der Waals surface area contributed by atoms with Crippen molar-refractivity contribution in [3.05, 3.63) is 52.0 Å². The Kier molecular flexibility index (Phi) is 5.25. The van der Waals surface area contributed by atoms with Gasteiger partial charge in [-0.05, 0) is 18.4 Å². The summed E-state index contributed by atoms with van der Waals surface area (Å²) >= 11 is 1.70. The maximum absolute atomic E-state index is 11.9. The van der Waals surface area contributed by atoms with Crippen molar-refractivity contribution in [1.29, 1.82) is 0 Å². The first-order valence-electron chi connectivity index (χ1n) is 7.79. The molecule has 1 aromatic heterocycles. The summed E-state index contributed by atoms with van der Waals surface area (Å²) in [5.41, 5.74) is 2.05. The lowest BCUT2D eigenvalue weighted by Crippen LogP contribution is -2.32. The first kappa shape index (κ1) is 16.0. The number of hydrogen-bond acceptors (Lipinski definition) is 5. The Balaban J connectivity index is 1.46. The number of alkyl carbamates (subject to hydrolysis) is 1. The van der Waals surface area contributed by atoms with Crippen LogP contribution in [0.4, 0.5) is 4.79 Å². The van der Waals surface area contributed by atoms with Crippen molar-refractivity contribution in [3.8, 4) is 0 Å². The average molecular weight is 331 g/mol. The topological polar surface area (TPSA) is 63.2 Å². The molecule has 6 heteroatoms. The van der Waals surface area contributed by atoms with Crippen molar-refractivity contribution in [3.63, 3.8) is 0 Å². The summed E-state index contributed by atoms with van der Waals surface area (Å²) in [7, 11) is 0. The number of benzene rings is 1. The minimum atomic E-state index is -0.366. The molecule has 0 saturated carbocycles. The molecule has 2 heterocycles. The summed E-state index contributed by atoms with van der Waals surface area (Å²) in [5, 5.41) is 9.49. The number of aromatic nitrogens is 1. The first-order chi connectivity index (χ1) is 11.2. The molecule has 1 amide bonds. The van der Waals surface area contributed by atoms with Crippen molar-refractivity contribution in [2.24, 2.45) is 5.92 Å². The summed E-state index contributed by atoms with van der Waals surface area (Å²) in [4.78, 5) is 16.4. The van der Waals surface area contributed by atoms with E-state index in [4.69, 9.17) is 4.74 Å². The summed E-state index contributed by atoms with van der Waals surface area (Å²) in [6.45, 7) is 4.71. The highest BCUT2D eigenvalue weighted by atomic mass is 32.1. The lowest BCUT2D eigenvalue weighted by molar-refractivity contribution is 0.138. The number of carbonyl (C=O) groups is 1. The molecular formula is C17H21N3O2S. The Hall–Kier alpha value is -1.92. The van der Waals surface area contributed by atoms with E-state index in [0.717, 1.165) is 29.4 Å². The van der Waals surface area contributed by atoms with Crippen molar-refractivity contribution >= 4 is 17.4 Å². The maximum Gasteiger partial charge on any atom is 0.407 e. The third-order valence-electron chi connectivity index (χ3n) is 4.02. The number of thiazole rings is 1. The second-order valence-corrected chi connectivity index (χ2v) is 6.68. The monoisotopic (exact) mass is 331 g/mol. The van der Waals surface area contributed by atoms with Crippen LogP contribution in [0, 0.1) is 12.8 Å². The van der Waals surface area contributed by atoms with Gasteiger partial charge in [-0.3, -0.25) is 0 Å². The number of hydrogen-bond donors (Lipinski definition) is 2. The molecule has 5 nitrogen and oxygen atoms in total. The minimum absolute atomic E-state index is 0.296. The van der Waals surface area contributed by atoms with E-state index in [9.17, 15) is 4.79 Å². The van der Waals surface area contributed by atoms with Crippen LogP contribution in [0.1, 0.15) is 22.2 Å². The summed E-state index contributed by atoms with van der Waals surface area (Å²) < 4.78 is 5.25. The molecular weight excluding hydrogens is 310 g/mol. The fraction of sp³-hybridized carbons (Fsp3) is 0.412. The van der Waals surface area contributed by atoms with Crippen LogP contribution in [-0.4, -0.2) is 30.7 Å². The number of aryl methyl sites for hydroxylation is 1. The molecule has 23 heavy (non-hydrogen) atoms. The van der Waals surface area contributed by atoms with E-state index < -0.39 is 0 Å². The molecule has 1 aromatic carbocycles. The van der Waals surface area contributed by atoms with Gasteiger partial charge in [-0.1, -0.05) is 30.3 Å². The van der Waals surface area contributed by atoms with Crippen molar-refractivity contribution in [2.75, 3.05) is 19.6 Å². The number of ether oxygens (including phenoxy) is 1. The maximum atomic E-state index is 11.9. The van der Waals surface area contributed by atoms with Crippen LogP contribution in [0.15, 0.2) is 35.7 Å². The molecule has 0 aliphatic carbocycles. The molecule has 1 saturated heterocycles. The zero-order valence-electron chi connectivity index (χ0n) is 13.1. The van der Waals surface area contributed by atoms with Gasteiger partial charge in [0.05, 0.1) is 5.01 Å². The Morgan fingerprint density at radius 1 is 1.39 bits per heavy atom. The van der Waals surface area contributed by atoms with Crippen molar-refractivity contribution in [1.82, 2.24) is 15.6 Å². The SMILES string of the molecule is Cc1csc([C@H]2CNC[C@H]2CNC(=O)OCc2ccccc2)n1. The highest BCUT2D eigenvalue weighted by Crippen LogP contribution is 2.29. The minimum Gasteiger partial charge on any atom is -0.445 e. The zero-order valence-corrected chi connectivity index (χ0v) is 13.9. The normalized spacial score (nSPS) is 20.4. The van der Waals surface area contributed by atoms with Gasteiger partial charge in [-0.25, -0.2) is 9.78 Å². The van der Waals surface area contributed by atoms with Crippen LogP contribution < -0.4 is 10.6 Å². The Bertz CT molecular complexity index is 644. The molecule has 2 N–H and O–H groups in total. The summed E-state index contributed by atoms with van der Waals surface area (Å²) in [6, 6.07) is 9.68. The van der Waals surface area contributed by atoms with Gasteiger partial charge in [0.25, 0.3) is 0 Å². The number of amides is 1. The molecule has 0 radical (unpaired) electrons. The fourth-order valence-electron chi connectivity index (χ4n) is 2.77. The molecule has 0 unspecified atom stereocenters. The van der Waals surface area contributed by atoms with E-state index in [1.54, 1.807) is 11.3 Å². The smallest absolute Gasteiger partial charge is 0.407 e. The van der Waals surface area contributed by atoms with Gasteiger partial charge in [0.2, 0.25) is 0 Å². The van der Waals surface area contributed by atoms with E-state index in [1.165, 1.54) is 0 Å². The number of nitrogens with zero attached hydrogens (tertiary/aromatic N) is 1. The molecule has 0 bridgehead atoms. The van der Waals surface area contributed by atoms with E-state index in [1.807, 2.05) is 37.3 Å². The van der Waals surface area contributed by atoms with Crippen LogP contribution in [0.2, 0.25) is 0 Å². The molecule has 0 spiro atoms. The molecule has 2 atom stereocenters. The van der Waals surface area contributed by atoms with Gasteiger partial charge in [0.15, 0.2) is 0 Å². The fourth-order valence-corrected chi connectivity index (χ4v) is 3.76. The highest BCUT2D eigenvalue weighted by molar-refractivity contribution is 7.09. The van der Waals surface area contributed by atoms with Gasteiger partial charge < -0.3 is 15.4 Å². The lowest BCUT2D eigenvalue weighted by Gasteiger charge is -2.17. The quantitative estimate of drug-likeness (QED) is 0.884. The summed E-state index contributed by atoms with van der Waals surface area (Å²) in [6.07, 6.45) is -0.366. The van der Waals surface area contributed by atoms with Gasteiger partial charge in [0.1, 0.15) is 6.61 Å².